The Morgan fingerprint density at radius 2 is 1.05 bits per heavy atom. The van der Waals surface area contributed by atoms with Gasteiger partial charge in [-0.2, -0.15) is 8.42 Å². The van der Waals surface area contributed by atoms with E-state index >= 15 is 0 Å². The van der Waals surface area contributed by atoms with Gasteiger partial charge < -0.3 is 0 Å². The van der Waals surface area contributed by atoms with Crippen LogP contribution in [0.25, 0.3) is 0 Å². The van der Waals surface area contributed by atoms with Crippen LogP contribution in [-0.4, -0.2) is 41.1 Å². The highest BCUT2D eigenvalue weighted by Crippen LogP contribution is 2.38. The number of unbranched alkanes of at least 4 members (excludes halogenated alkanes) is 3. The summed E-state index contributed by atoms with van der Waals surface area (Å²) in [4.78, 5) is 0. The van der Waals surface area contributed by atoms with Gasteiger partial charge in [-0.05, 0) is 37.7 Å². The van der Waals surface area contributed by atoms with Crippen molar-refractivity contribution in [3.05, 3.63) is 0 Å². The molecule has 0 bridgehead atoms. The standard InChI is InChI=1S/C12H27P.C2H6O4S/c1-4-7-10-13(11-8-5-2)12-9-6-3;1-5-7(3,4)6-2/h4-12H2,1-3H3;1-2H3. The maximum Gasteiger partial charge on any atom is 0.399 e. The fourth-order valence-corrected chi connectivity index (χ4v) is 4.65. The molecule has 0 spiro atoms. The van der Waals surface area contributed by atoms with E-state index in [4.69, 9.17) is 0 Å². The maximum absolute atomic E-state index is 9.92. The minimum Gasteiger partial charge on any atom is -0.252 e. The van der Waals surface area contributed by atoms with Crippen molar-refractivity contribution in [3.63, 3.8) is 0 Å². The second-order valence-electron chi connectivity index (χ2n) is 4.64. The van der Waals surface area contributed by atoms with Crippen LogP contribution in [0.5, 0.6) is 0 Å². The van der Waals surface area contributed by atoms with Gasteiger partial charge in [-0.25, -0.2) is 0 Å². The first-order valence-electron chi connectivity index (χ1n) is 7.55. The summed E-state index contributed by atoms with van der Waals surface area (Å²) < 4.78 is 27.5. The van der Waals surface area contributed by atoms with Crippen molar-refractivity contribution in [2.45, 2.75) is 59.3 Å². The molecule has 0 aliphatic heterocycles. The van der Waals surface area contributed by atoms with Gasteiger partial charge in [0.05, 0.1) is 14.2 Å². The third-order valence-electron chi connectivity index (χ3n) is 2.89. The SMILES string of the molecule is CCCCP(CCCC)CCCC.COS(=O)(=O)OC. The summed E-state index contributed by atoms with van der Waals surface area (Å²) in [6.07, 6.45) is 13.2. The molecule has 0 aromatic heterocycles. The van der Waals surface area contributed by atoms with Gasteiger partial charge in [-0.1, -0.05) is 40.0 Å². The highest BCUT2D eigenvalue weighted by atomic mass is 32.3. The lowest BCUT2D eigenvalue weighted by molar-refractivity contribution is 0.286. The first-order valence-corrected chi connectivity index (χ1v) is 10.8. The lowest BCUT2D eigenvalue weighted by Crippen LogP contribution is -2.02. The van der Waals surface area contributed by atoms with E-state index in [9.17, 15) is 8.42 Å². The fourth-order valence-electron chi connectivity index (χ4n) is 1.55. The van der Waals surface area contributed by atoms with E-state index < -0.39 is 10.4 Å². The molecular weight excluding hydrogens is 295 g/mol. The predicted molar refractivity (Wildman–Crippen MR) is 89.2 cm³/mol. The van der Waals surface area contributed by atoms with Crippen molar-refractivity contribution >= 4 is 18.3 Å². The number of hydrogen-bond acceptors (Lipinski definition) is 4. The van der Waals surface area contributed by atoms with Gasteiger partial charge >= 0.3 is 10.4 Å². The smallest absolute Gasteiger partial charge is 0.252 e. The fraction of sp³-hybridized carbons (Fsp3) is 1.00. The van der Waals surface area contributed by atoms with Crippen LogP contribution in [0.2, 0.25) is 0 Å². The average Bonchev–Trinajstić information content (AvgIpc) is 2.47. The summed E-state index contributed by atoms with van der Waals surface area (Å²) in [5.41, 5.74) is 0. The van der Waals surface area contributed by atoms with Crippen molar-refractivity contribution in [2.24, 2.45) is 0 Å². The molecule has 0 saturated heterocycles. The molecule has 0 aromatic carbocycles. The quantitative estimate of drug-likeness (QED) is 0.528. The van der Waals surface area contributed by atoms with Crippen molar-refractivity contribution in [3.8, 4) is 0 Å². The number of hydrogen-bond donors (Lipinski definition) is 0. The molecular formula is C14H33O4PS. The molecule has 0 unspecified atom stereocenters. The van der Waals surface area contributed by atoms with Crippen LogP contribution in [0, 0.1) is 0 Å². The molecule has 0 radical (unpaired) electrons. The molecule has 0 saturated carbocycles. The van der Waals surface area contributed by atoms with Crippen LogP contribution < -0.4 is 0 Å². The van der Waals surface area contributed by atoms with Crippen molar-refractivity contribution in [1.29, 1.82) is 0 Å². The van der Waals surface area contributed by atoms with Gasteiger partial charge in [-0.15, -0.1) is 7.92 Å². The Hall–Kier alpha value is 0.300. The third kappa shape index (κ3) is 16.4. The van der Waals surface area contributed by atoms with Crippen molar-refractivity contribution in [1.82, 2.24) is 0 Å². The summed E-state index contributed by atoms with van der Waals surface area (Å²) in [6.45, 7) is 6.94. The van der Waals surface area contributed by atoms with E-state index in [0.717, 1.165) is 14.2 Å². The van der Waals surface area contributed by atoms with Gasteiger partial charge in [-0.3, -0.25) is 8.37 Å². The zero-order valence-electron chi connectivity index (χ0n) is 13.9. The van der Waals surface area contributed by atoms with E-state index in [1.54, 1.807) is 18.5 Å². The lowest BCUT2D eigenvalue weighted by Gasteiger charge is -2.16. The van der Waals surface area contributed by atoms with Crippen molar-refractivity contribution < 1.29 is 16.8 Å². The zero-order valence-corrected chi connectivity index (χ0v) is 15.6. The van der Waals surface area contributed by atoms with E-state index in [1.165, 1.54) is 38.5 Å². The second-order valence-corrected chi connectivity index (χ2v) is 8.81. The van der Waals surface area contributed by atoms with Gasteiger partial charge in [0.2, 0.25) is 0 Å². The molecule has 20 heavy (non-hydrogen) atoms. The highest BCUT2D eigenvalue weighted by Gasteiger charge is 2.05. The molecule has 6 heteroatoms. The highest BCUT2D eigenvalue weighted by molar-refractivity contribution is 7.81. The third-order valence-corrected chi connectivity index (χ3v) is 6.55. The van der Waals surface area contributed by atoms with E-state index in [1.807, 2.05) is 0 Å². The predicted octanol–water partition coefficient (Wildman–Crippen LogP) is 4.39. The van der Waals surface area contributed by atoms with Crippen LogP contribution in [0.15, 0.2) is 0 Å². The first-order chi connectivity index (χ1) is 9.47. The van der Waals surface area contributed by atoms with Crippen LogP contribution in [0.4, 0.5) is 0 Å². The minimum atomic E-state index is -3.66. The molecule has 0 fully saturated rings. The lowest BCUT2D eigenvalue weighted by atomic mass is 10.4. The van der Waals surface area contributed by atoms with Gasteiger partial charge in [0, 0.05) is 0 Å². The van der Waals surface area contributed by atoms with Gasteiger partial charge in [0.15, 0.2) is 0 Å². The van der Waals surface area contributed by atoms with Crippen molar-refractivity contribution in [2.75, 3.05) is 32.7 Å². The van der Waals surface area contributed by atoms with Gasteiger partial charge in [0.1, 0.15) is 0 Å². The molecule has 0 heterocycles. The van der Waals surface area contributed by atoms with Gasteiger partial charge in [0.25, 0.3) is 0 Å². The van der Waals surface area contributed by atoms with Crippen LogP contribution in [0.1, 0.15) is 59.3 Å². The Morgan fingerprint density at radius 3 is 1.20 bits per heavy atom. The normalized spacial score (nSPS) is 11.3. The molecule has 0 N–H and O–H groups in total. The Morgan fingerprint density at radius 1 is 0.750 bits per heavy atom. The maximum atomic E-state index is 9.92. The molecule has 0 atom stereocenters. The first kappa shape index (κ1) is 22.6. The molecule has 124 valence electrons. The van der Waals surface area contributed by atoms with Crippen LogP contribution in [0.3, 0.4) is 0 Å². The minimum absolute atomic E-state index is 0.422. The molecule has 0 aliphatic rings. The summed E-state index contributed by atoms with van der Waals surface area (Å²) in [5, 5.41) is 0. The summed E-state index contributed by atoms with van der Waals surface area (Å²) in [5.74, 6) is 0. The molecule has 0 aromatic rings. The number of rotatable bonds is 11. The monoisotopic (exact) mass is 328 g/mol. The Bertz CT molecular complexity index is 252. The summed E-state index contributed by atoms with van der Waals surface area (Å²) >= 11 is 0. The Balaban J connectivity index is 0. The summed E-state index contributed by atoms with van der Waals surface area (Å²) in [7, 11) is -1.18. The molecule has 0 aliphatic carbocycles. The van der Waals surface area contributed by atoms with Crippen LogP contribution >= 0.6 is 7.92 Å². The Labute approximate surface area is 127 Å². The molecule has 0 rings (SSSR count). The van der Waals surface area contributed by atoms with Crippen LogP contribution in [-0.2, 0) is 18.8 Å². The topological polar surface area (TPSA) is 52.6 Å². The zero-order chi connectivity index (χ0) is 15.9. The van der Waals surface area contributed by atoms with E-state index in [0.29, 0.717) is 7.92 Å². The average molecular weight is 328 g/mol. The molecule has 4 nitrogen and oxygen atoms in total. The molecule has 0 amide bonds. The largest absolute Gasteiger partial charge is 0.399 e. The second kappa shape index (κ2) is 15.7. The summed E-state index contributed by atoms with van der Waals surface area (Å²) in [6, 6.07) is 0. The Kier molecular flexibility index (Phi) is 17.7. The van der Waals surface area contributed by atoms with E-state index in [2.05, 4.69) is 29.1 Å². The van der Waals surface area contributed by atoms with E-state index in [-0.39, 0.29) is 0 Å².